The SMILES string of the molecule is CCN=C(NC1CC(C)(OC)C1(C)C)N1CCC(COC)C1. The summed E-state index contributed by atoms with van der Waals surface area (Å²) >= 11 is 0. The number of nitrogens with zero attached hydrogens (tertiary/aromatic N) is 2. The minimum Gasteiger partial charge on any atom is -0.384 e. The molecule has 0 amide bonds. The van der Waals surface area contributed by atoms with Crippen molar-refractivity contribution < 1.29 is 9.47 Å². The van der Waals surface area contributed by atoms with E-state index >= 15 is 0 Å². The van der Waals surface area contributed by atoms with Crippen LogP contribution in [0.15, 0.2) is 4.99 Å². The molecular weight excluding hydrogens is 278 g/mol. The molecule has 0 radical (unpaired) electrons. The molecule has 1 N–H and O–H groups in total. The van der Waals surface area contributed by atoms with Crippen LogP contribution < -0.4 is 5.32 Å². The fourth-order valence-electron chi connectivity index (χ4n) is 3.66. The summed E-state index contributed by atoms with van der Waals surface area (Å²) < 4.78 is 11.0. The number of likely N-dealkylation sites (tertiary alicyclic amines) is 1. The molecule has 5 nitrogen and oxygen atoms in total. The number of hydrogen-bond donors (Lipinski definition) is 1. The van der Waals surface area contributed by atoms with Gasteiger partial charge in [0.15, 0.2) is 5.96 Å². The predicted octanol–water partition coefficient (Wildman–Crippen LogP) is 2.12. The Morgan fingerprint density at radius 2 is 2.05 bits per heavy atom. The van der Waals surface area contributed by atoms with Crippen LogP contribution in [0.2, 0.25) is 0 Å². The van der Waals surface area contributed by atoms with E-state index in [9.17, 15) is 0 Å². The average Bonchev–Trinajstić information content (AvgIpc) is 2.94. The van der Waals surface area contributed by atoms with E-state index in [-0.39, 0.29) is 11.0 Å². The lowest BCUT2D eigenvalue weighted by Crippen LogP contribution is -2.69. The molecule has 0 aromatic heterocycles. The zero-order valence-corrected chi connectivity index (χ0v) is 15.1. The molecule has 3 unspecified atom stereocenters. The van der Waals surface area contributed by atoms with Gasteiger partial charge < -0.3 is 19.7 Å². The Morgan fingerprint density at radius 3 is 2.59 bits per heavy atom. The first-order chi connectivity index (χ1) is 10.4. The van der Waals surface area contributed by atoms with E-state index in [0.717, 1.165) is 38.6 Å². The topological polar surface area (TPSA) is 46.1 Å². The van der Waals surface area contributed by atoms with E-state index in [1.54, 1.807) is 7.11 Å². The average molecular weight is 311 g/mol. The minimum atomic E-state index is -0.0500. The molecule has 0 bridgehead atoms. The van der Waals surface area contributed by atoms with Gasteiger partial charge in [0.05, 0.1) is 12.2 Å². The highest BCUT2D eigenvalue weighted by molar-refractivity contribution is 5.81. The normalized spacial score (nSPS) is 34.6. The van der Waals surface area contributed by atoms with E-state index in [2.05, 4.69) is 37.9 Å². The van der Waals surface area contributed by atoms with Crippen LogP contribution in [0.1, 0.15) is 40.5 Å². The molecule has 3 atom stereocenters. The van der Waals surface area contributed by atoms with Crippen molar-refractivity contribution in [3.05, 3.63) is 0 Å². The summed E-state index contributed by atoms with van der Waals surface area (Å²) in [5.41, 5.74) is 0.0491. The third-order valence-electron chi connectivity index (χ3n) is 5.88. The highest BCUT2D eigenvalue weighted by atomic mass is 16.5. The maximum atomic E-state index is 5.73. The number of nitrogens with one attached hydrogen (secondary N) is 1. The lowest BCUT2D eigenvalue weighted by molar-refractivity contribution is -0.176. The van der Waals surface area contributed by atoms with Crippen LogP contribution >= 0.6 is 0 Å². The van der Waals surface area contributed by atoms with Gasteiger partial charge in [-0.25, -0.2) is 0 Å². The zero-order chi connectivity index (χ0) is 16.4. The van der Waals surface area contributed by atoms with Gasteiger partial charge in [0.25, 0.3) is 0 Å². The molecular formula is C17H33N3O2. The number of hydrogen-bond acceptors (Lipinski definition) is 3. The Labute approximate surface area is 135 Å². The number of ether oxygens (including phenoxy) is 2. The summed E-state index contributed by atoms with van der Waals surface area (Å²) in [5, 5.41) is 3.69. The molecule has 0 aromatic carbocycles. The summed E-state index contributed by atoms with van der Waals surface area (Å²) in [6, 6.07) is 0.407. The van der Waals surface area contributed by atoms with Gasteiger partial charge in [0.2, 0.25) is 0 Å². The highest BCUT2D eigenvalue weighted by Gasteiger charge is 2.58. The van der Waals surface area contributed by atoms with Gasteiger partial charge in [-0.15, -0.1) is 0 Å². The van der Waals surface area contributed by atoms with E-state index in [0.29, 0.717) is 12.0 Å². The van der Waals surface area contributed by atoms with Crippen molar-refractivity contribution >= 4 is 5.96 Å². The molecule has 1 aliphatic heterocycles. The molecule has 1 heterocycles. The summed E-state index contributed by atoms with van der Waals surface area (Å²) in [7, 11) is 3.60. The van der Waals surface area contributed by atoms with Gasteiger partial charge >= 0.3 is 0 Å². The zero-order valence-electron chi connectivity index (χ0n) is 15.1. The summed E-state index contributed by atoms with van der Waals surface area (Å²) in [6.45, 7) is 12.6. The minimum absolute atomic E-state index is 0.0500. The Bertz CT molecular complexity index is 411. The first-order valence-electron chi connectivity index (χ1n) is 8.48. The monoisotopic (exact) mass is 311 g/mol. The summed E-state index contributed by atoms with van der Waals surface area (Å²) in [6.07, 6.45) is 2.21. The van der Waals surface area contributed by atoms with E-state index in [1.807, 2.05) is 7.11 Å². The van der Waals surface area contributed by atoms with Gasteiger partial charge in [-0.1, -0.05) is 13.8 Å². The lowest BCUT2D eigenvalue weighted by atomic mass is 9.56. The second kappa shape index (κ2) is 6.75. The second-order valence-electron chi connectivity index (χ2n) is 7.41. The quantitative estimate of drug-likeness (QED) is 0.624. The van der Waals surface area contributed by atoms with Gasteiger partial charge in [-0.3, -0.25) is 4.99 Å². The molecule has 5 heteroatoms. The van der Waals surface area contributed by atoms with Gasteiger partial charge in [-0.2, -0.15) is 0 Å². The smallest absolute Gasteiger partial charge is 0.194 e. The Kier molecular flexibility index (Phi) is 5.38. The summed E-state index contributed by atoms with van der Waals surface area (Å²) in [5.74, 6) is 1.67. The first-order valence-corrected chi connectivity index (χ1v) is 8.48. The molecule has 1 saturated carbocycles. The van der Waals surface area contributed by atoms with Crippen molar-refractivity contribution in [2.45, 2.75) is 52.2 Å². The Morgan fingerprint density at radius 1 is 1.32 bits per heavy atom. The second-order valence-corrected chi connectivity index (χ2v) is 7.41. The third kappa shape index (κ3) is 3.11. The highest BCUT2D eigenvalue weighted by Crippen LogP contribution is 2.51. The largest absolute Gasteiger partial charge is 0.384 e. The molecule has 1 aliphatic carbocycles. The molecule has 2 rings (SSSR count). The molecule has 2 fully saturated rings. The van der Waals surface area contributed by atoms with Crippen LogP contribution in [0.4, 0.5) is 0 Å². The summed E-state index contributed by atoms with van der Waals surface area (Å²) in [4.78, 5) is 7.09. The molecule has 0 aromatic rings. The van der Waals surface area contributed by atoms with Crippen molar-refractivity contribution in [2.24, 2.45) is 16.3 Å². The van der Waals surface area contributed by atoms with Crippen molar-refractivity contribution in [2.75, 3.05) is 40.5 Å². The number of rotatable bonds is 5. The van der Waals surface area contributed by atoms with Crippen LogP contribution in [0.5, 0.6) is 0 Å². The fraction of sp³-hybridized carbons (Fsp3) is 0.941. The number of methoxy groups -OCH3 is 2. The predicted molar refractivity (Wildman–Crippen MR) is 90.3 cm³/mol. The Hall–Kier alpha value is -0.810. The van der Waals surface area contributed by atoms with Crippen molar-refractivity contribution in [1.29, 1.82) is 0 Å². The fourth-order valence-corrected chi connectivity index (χ4v) is 3.66. The Balaban J connectivity index is 1.98. The van der Waals surface area contributed by atoms with Gasteiger partial charge in [0.1, 0.15) is 0 Å². The molecule has 1 saturated heterocycles. The van der Waals surface area contributed by atoms with E-state index < -0.39 is 0 Å². The van der Waals surface area contributed by atoms with Gasteiger partial charge in [-0.05, 0) is 26.7 Å². The molecule has 2 aliphatic rings. The third-order valence-corrected chi connectivity index (χ3v) is 5.88. The maximum absolute atomic E-state index is 5.73. The van der Waals surface area contributed by atoms with Crippen LogP contribution in [0.3, 0.4) is 0 Å². The number of guanidine groups is 1. The van der Waals surface area contributed by atoms with Crippen molar-refractivity contribution in [3.8, 4) is 0 Å². The molecule has 22 heavy (non-hydrogen) atoms. The lowest BCUT2D eigenvalue weighted by Gasteiger charge is -2.59. The van der Waals surface area contributed by atoms with Crippen LogP contribution in [-0.2, 0) is 9.47 Å². The van der Waals surface area contributed by atoms with Crippen LogP contribution in [0, 0.1) is 11.3 Å². The van der Waals surface area contributed by atoms with Gasteiger partial charge in [0, 0.05) is 51.2 Å². The van der Waals surface area contributed by atoms with Crippen molar-refractivity contribution in [1.82, 2.24) is 10.2 Å². The molecule has 128 valence electrons. The standard InChI is InChI=1S/C17H33N3O2/c1-7-18-15(20-9-8-13(11-20)12-21-5)19-14-10-17(4,22-6)16(14,2)3/h13-14H,7-12H2,1-6H3,(H,18,19). The number of aliphatic imine (C=N–C) groups is 1. The van der Waals surface area contributed by atoms with Crippen molar-refractivity contribution in [3.63, 3.8) is 0 Å². The van der Waals surface area contributed by atoms with E-state index in [1.165, 1.54) is 6.42 Å². The maximum Gasteiger partial charge on any atom is 0.194 e. The first kappa shape index (κ1) is 17.5. The molecule has 0 spiro atoms. The van der Waals surface area contributed by atoms with Crippen LogP contribution in [-0.4, -0.2) is 63.0 Å². The van der Waals surface area contributed by atoms with Crippen LogP contribution in [0.25, 0.3) is 0 Å². The van der Waals surface area contributed by atoms with E-state index in [4.69, 9.17) is 14.5 Å².